The number of hydrogen-bond donors (Lipinski definition) is 0. The van der Waals surface area contributed by atoms with E-state index >= 15 is 0 Å². The zero-order chi connectivity index (χ0) is 36.2. The first-order valence-electron chi connectivity index (χ1n) is 19.2. The van der Waals surface area contributed by atoms with E-state index in [0.717, 1.165) is 25.5 Å². The van der Waals surface area contributed by atoms with Gasteiger partial charge in [0.1, 0.15) is 0 Å². The molecule has 2 aliphatic rings. The summed E-state index contributed by atoms with van der Waals surface area (Å²) in [6.45, 7) is 8.89. The maximum atomic E-state index is 14.1. The van der Waals surface area contributed by atoms with Crippen LogP contribution in [0.25, 0.3) is 11.1 Å². The van der Waals surface area contributed by atoms with Gasteiger partial charge in [0.2, 0.25) is 0 Å². The number of ketones is 2. The zero-order valence-corrected chi connectivity index (χ0v) is 32.7. The van der Waals surface area contributed by atoms with Crippen molar-refractivity contribution in [2.45, 2.75) is 116 Å². The number of unbranched alkanes of at least 4 members (excludes halogenated alkanes) is 3. The van der Waals surface area contributed by atoms with Crippen molar-refractivity contribution in [3.8, 4) is 11.1 Å². The molecule has 0 unspecified atom stereocenters. The monoisotopic (exact) mass is 722 g/mol. The van der Waals surface area contributed by atoms with Crippen LogP contribution in [0.1, 0.15) is 134 Å². The van der Waals surface area contributed by atoms with Crippen LogP contribution >= 0.6 is 23.5 Å². The van der Waals surface area contributed by atoms with E-state index in [9.17, 15) is 9.59 Å². The van der Waals surface area contributed by atoms with E-state index < -0.39 is 0 Å². The van der Waals surface area contributed by atoms with Crippen molar-refractivity contribution in [1.82, 2.24) is 0 Å². The first kappa shape index (κ1) is 36.5. The molecule has 2 nitrogen and oxygen atoms in total. The molecule has 7 rings (SSSR count). The van der Waals surface area contributed by atoms with E-state index in [1.807, 2.05) is 24.3 Å². The normalized spacial score (nSPS) is 17.2. The highest BCUT2D eigenvalue weighted by Gasteiger charge is 2.34. The molecule has 0 amide bonds. The molecule has 0 spiro atoms. The van der Waals surface area contributed by atoms with Crippen molar-refractivity contribution in [2.24, 2.45) is 5.92 Å². The van der Waals surface area contributed by atoms with Crippen molar-refractivity contribution in [3.05, 3.63) is 143 Å². The van der Waals surface area contributed by atoms with Crippen LogP contribution in [0.3, 0.4) is 0 Å². The van der Waals surface area contributed by atoms with Crippen LogP contribution in [0, 0.1) is 5.92 Å². The Kier molecular flexibility index (Phi) is 11.2. The Morgan fingerprint density at radius 3 is 1.58 bits per heavy atom. The minimum absolute atomic E-state index is 0.0665. The highest BCUT2D eigenvalue weighted by molar-refractivity contribution is 7.99. The van der Waals surface area contributed by atoms with Crippen molar-refractivity contribution in [3.63, 3.8) is 0 Å². The van der Waals surface area contributed by atoms with Gasteiger partial charge in [0.15, 0.2) is 11.6 Å². The Bertz CT molecular complexity index is 2030. The molecular formula is C48H50O2S2. The van der Waals surface area contributed by atoms with Gasteiger partial charge in [-0.1, -0.05) is 156 Å². The average Bonchev–Trinajstić information content (AvgIpc) is 3.16. The van der Waals surface area contributed by atoms with Crippen molar-refractivity contribution in [2.75, 3.05) is 0 Å². The van der Waals surface area contributed by atoms with Gasteiger partial charge in [-0.05, 0) is 102 Å². The molecule has 2 aliphatic carbocycles. The lowest BCUT2D eigenvalue weighted by Crippen LogP contribution is -2.22. The predicted octanol–water partition coefficient (Wildman–Crippen LogP) is 14.0. The third-order valence-corrected chi connectivity index (χ3v) is 13.2. The van der Waals surface area contributed by atoms with Gasteiger partial charge in [-0.3, -0.25) is 9.59 Å². The minimum Gasteiger partial charge on any atom is -0.289 e. The van der Waals surface area contributed by atoms with Gasteiger partial charge < -0.3 is 0 Å². The fraction of sp³-hybridized carbons (Fsp3) is 0.333. The number of carbonyl (C=O) groups is 2. The summed E-state index contributed by atoms with van der Waals surface area (Å²) in [5.41, 5.74) is 7.19. The van der Waals surface area contributed by atoms with E-state index in [2.05, 4.69) is 100 Å². The smallest absolute Gasteiger partial charge is 0.195 e. The topological polar surface area (TPSA) is 34.1 Å². The lowest BCUT2D eigenvalue weighted by molar-refractivity contribution is 0.0974. The van der Waals surface area contributed by atoms with Crippen LogP contribution in [-0.2, 0) is 5.41 Å². The molecule has 0 radical (unpaired) electrons. The van der Waals surface area contributed by atoms with Crippen LogP contribution in [-0.4, -0.2) is 11.6 Å². The molecule has 0 N–H and O–H groups in total. The van der Waals surface area contributed by atoms with Gasteiger partial charge in [-0.2, -0.15) is 0 Å². The number of hydrogen-bond acceptors (Lipinski definition) is 4. The highest BCUT2D eigenvalue weighted by Crippen LogP contribution is 2.42. The van der Waals surface area contributed by atoms with Gasteiger partial charge in [0.05, 0.1) is 0 Å². The van der Waals surface area contributed by atoms with Gasteiger partial charge in [0, 0.05) is 41.8 Å². The molecule has 0 atom stereocenters. The quantitative estimate of drug-likeness (QED) is 0.125. The fourth-order valence-corrected chi connectivity index (χ4v) is 9.89. The highest BCUT2D eigenvalue weighted by atomic mass is 32.2. The molecule has 4 heteroatoms. The second-order valence-corrected chi connectivity index (χ2v) is 17.9. The molecule has 0 saturated heterocycles. The molecule has 0 aromatic heterocycles. The van der Waals surface area contributed by atoms with Crippen LogP contribution < -0.4 is 0 Å². The van der Waals surface area contributed by atoms with E-state index in [1.165, 1.54) is 80.0 Å². The first-order valence-corrected chi connectivity index (χ1v) is 20.8. The summed E-state index contributed by atoms with van der Waals surface area (Å²) >= 11 is 3.09. The van der Waals surface area contributed by atoms with Crippen molar-refractivity contribution >= 4 is 35.1 Å². The Labute approximate surface area is 319 Å². The molecule has 0 bridgehead atoms. The molecule has 0 aliphatic heterocycles. The number of benzene rings is 5. The summed E-state index contributed by atoms with van der Waals surface area (Å²) in [7, 11) is 0. The first-order chi connectivity index (χ1) is 25.2. The SMILES string of the molecule is CCCCCCC1CCC(c2ccc(-c3ccc(Sc4cccc5c4C(=O)c4cccc(Sc6ccc(C(C)(C)C)cc6)c4C5=O)cc3)cc2)CC1. The molecule has 1 fully saturated rings. The number of rotatable bonds is 11. The standard InChI is InChI=1S/C48H50O2S2/c1-5-6-7-8-11-32-16-18-33(19-17-32)34-20-22-35(23-21-34)36-24-28-38(29-25-36)51-42-14-9-12-40-44(42)46(49)41-13-10-15-43(45(41)47(40)50)52-39-30-26-37(27-31-39)48(2,3)4/h9-10,12-15,20-33H,5-8,11,16-19H2,1-4H3. The maximum Gasteiger partial charge on any atom is 0.195 e. The Hall–Kier alpha value is -3.86. The van der Waals surface area contributed by atoms with Gasteiger partial charge in [0.25, 0.3) is 0 Å². The summed E-state index contributed by atoms with van der Waals surface area (Å²) in [5, 5.41) is 0. The Balaban J connectivity index is 1.02. The van der Waals surface area contributed by atoms with Crippen LogP contribution in [0.5, 0.6) is 0 Å². The van der Waals surface area contributed by atoms with Gasteiger partial charge in [-0.25, -0.2) is 0 Å². The molecule has 5 aromatic rings. The summed E-state index contributed by atoms with van der Waals surface area (Å²) < 4.78 is 0. The van der Waals surface area contributed by atoms with E-state index in [-0.39, 0.29) is 17.0 Å². The van der Waals surface area contributed by atoms with Gasteiger partial charge >= 0.3 is 0 Å². The third-order valence-electron chi connectivity index (χ3n) is 11.1. The van der Waals surface area contributed by atoms with E-state index in [0.29, 0.717) is 28.2 Å². The maximum absolute atomic E-state index is 14.1. The van der Waals surface area contributed by atoms with Gasteiger partial charge in [-0.15, -0.1) is 0 Å². The molecular weight excluding hydrogens is 673 g/mol. The predicted molar refractivity (Wildman–Crippen MR) is 218 cm³/mol. The third kappa shape index (κ3) is 8.04. The summed E-state index contributed by atoms with van der Waals surface area (Å²) in [5.74, 6) is 1.44. The minimum atomic E-state index is -0.0876. The van der Waals surface area contributed by atoms with E-state index in [1.54, 1.807) is 35.7 Å². The number of carbonyl (C=O) groups excluding carboxylic acids is 2. The molecule has 0 heterocycles. The molecule has 266 valence electrons. The Morgan fingerprint density at radius 2 is 1.08 bits per heavy atom. The summed E-state index contributed by atoms with van der Waals surface area (Å²) in [6, 6.07) is 37.6. The second kappa shape index (κ2) is 16.0. The lowest BCUT2D eigenvalue weighted by Gasteiger charge is -2.29. The Morgan fingerprint density at radius 1 is 0.577 bits per heavy atom. The van der Waals surface area contributed by atoms with Crippen LogP contribution in [0.4, 0.5) is 0 Å². The lowest BCUT2D eigenvalue weighted by atomic mass is 9.77. The van der Waals surface area contributed by atoms with Crippen molar-refractivity contribution < 1.29 is 9.59 Å². The zero-order valence-electron chi connectivity index (χ0n) is 31.0. The average molecular weight is 723 g/mol. The van der Waals surface area contributed by atoms with E-state index in [4.69, 9.17) is 0 Å². The fourth-order valence-electron chi connectivity index (χ4n) is 7.93. The number of fused-ring (bicyclic) bond motifs is 2. The molecule has 1 saturated carbocycles. The largest absolute Gasteiger partial charge is 0.289 e. The van der Waals surface area contributed by atoms with Crippen molar-refractivity contribution in [1.29, 1.82) is 0 Å². The molecule has 52 heavy (non-hydrogen) atoms. The summed E-state index contributed by atoms with van der Waals surface area (Å²) in [4.78, 5) is 31.9. The summed E-state index contributed by atoms with van der Waals surface area (Å²) in [6.07, 6.45) is 12.3. The second-order valence-electron chi connectivity index (χ2n) is 15.7. The van der Waals surface area contributed by atoms with Crippen LogP contribution in [0.2, 0.25) is 0 Å². The van der Waals surface area contributed by atoms with Crippen LogP contribution in [0.15, 0.2) is 129 Å². The molecule has 5 aromatic carbocycles.